The van der Waals surface area contributed by atoms with Crippen LogP contribution in [0.2, 0.25) is 0 Å². The Balaban J connectivity index is 2.65. The zero-order valence-corrected chi connectivity index (χ0v) is 10.7. The van der Waals surface area contributed by atoms with Gasteiger partial charge in [-0.2, -0.15) is 61.5 Å². The summed E-state index contributed by atoms with van der Waals surface area (Å²) in [4.78, 5) is 0. The summed E-state index contributed by atoms with van der Waals surface area (Å²) < 4.78 is 179. The third-order valence-electron chi connectivity index (χ3n) is 3.09. The average molecular weight is 402 g/mol. The lowest BCUT2D eigenvalue weighted by atomic mass is 10.3. The Kier molecular flexibility index (Phi) is 3.55. The van der Waals surface area contributed by atoms with E-state index in [-0.39, 0.29) is 0 Å². The molecule has 0 unspecified atom stereocenters. The topological polar surface area (TPSA) is 9.23 Å². The first-order valence-corrected chi connectivity index (χ1v) is 5.55. The van der Waals surface area contributed by atoms with Crippen LogP contribution >= 0.6 is 0 Å². The van der Waals surface area contributed by atoms with E-state index in [1.54, 1.807) is 0 Å². The van der Waals surface area contributed by atoms with Gasteiger partial charge >= 0.3 is 36.0 Å². The molecule has 0 atom stereocenters. The predicted octanol–water partition coefficient (Wildman–Crippen LogP) is 5.20. The molecule has 0 N–H and O–H groups in total. The lowest BCUT2D eigenvalue weighted by Gasteiger charge is -2.17. The Morgan fingerprint density at radius 2 is 0.720 bits per heavy atom. The standard InChI is InChI=1S/C10F14O/c11-5(12)1(6(5,13)14)3(9(19,20)21)25-4(10(22,23)24)2-7(15,16)8(2,17)18. The molecule has 0 spiro atoms. The van der Waals surface area contributed by atoms with Gasteiger partial charge in [-0.15, -0.1) is 0 Å². The SMILES string of the molecule is FC(F)(F)C(OC(=C1C(F)(F)C1(F)F)C(F)(F)F)=C1C(F)(F)C1(F)F. The first kappa shape index (κ1) is 19.6. The first-order valence-electron chi connectivity index (χ1n) is 5.55. The molecule has 0 aliphatic heterocycles. The van der Waals surface area contributed by atoms with Crippen LogP contribution in [-0.2, 0) is 4.74 Å². The minimum Gasteiger partial charge on any atom is -0.446 e. The van der Waals surface area contributed by atoms with Crippen LogP contribution in [-0.4, -0.2) is 36.0 Å². The van der Waals surface area contributed by atoms with Crippen LogP contribution in [0.25, 0.3) is 0 Å². The molecular weight excluding hydrogens is 402 g/mol. The van der Waals surface area contributed by atoms with Gasteiger partial charge in [-0.25, -0.2) is 0 Å². The summed E-state index contributed by atoms with van der Waals surface area (Å²) in [6.45, 7) is 0. The van der Waals surface area contributed by atoms with E-state index in [0.717, 1.165) is 0 Å². The van der Waals surface area contributed by atoms with Crippen molar-refractivity contribution in [3.63, 3.8) is 0 Å². The van der Waals surface area contributed by atoms with Gasteiger partial charge in [-0.1, -0.05) is 0 Å². The van der Waals surface area contributed by atoms with Gasteiger partial charge in [0.25, 0.3) is 0 Å². The maximum absolute atomic E-state index is 12.6. The van der Waals surface area contributed by atoms with Crippen molar-refractivity contribution in [1.29, 1.82) is 0 Å². The van der Waals surface area contributed by atoms with Crippen LogP contribution in [0.5, 0.6) is 0 Å². The molecule has 0 aromatic carbocycles. The molecule has 1 nitrogen and oxygen atoms in total. The van der Waals surface area contributed by atoms with Gasteiger partial charge < -0.3 is 4.74 Å². The summed E-state index contributed by atoms with van der Waals surface area (Å²) in [5.41, 5.74) is -6.58. The molecular formula is C10F14O. The fraction of sp³-hybridized carbons (Fsp3) is 0.600. The molecule has 0 bridgehead atoms. The number of ether oxygens (including phenoxy) is 1. The molecule has 2 aliphatic rings. The Bertz CT molecular complexity index is 583. The van der Waals surface area contributed by atoms with Crippen molar-refractivity contribution in [3.8, 4) is 0 Å². The maximum atomic E-state index is 12.6. The van der Waals surface area contributed by atoms with Gasteiger partial charge in [0.2, 0.25) is 11.5 Å². The number of rotatable bonds is 2. The quantitative estimate of drug-likeness (QED) is 0.456. The molecule has 0 heterocycles. The van der Waals surface area contributed by atoms with Crippen LogP contribution in [0.1, 0.15) is 0 Å². The van der Waals surface area contributed by atoms with Crippen molar-refractivity contribution in [3.05, 3.63) is 22.7 Å². The zero-order chi connectivity index (χ0) is 20.0. The highest BCUT2D eigenvalue weighted by Crippen LogP contribution is 2.68. The number of alkyl halides is 14. The van der Waals surface area contributed by atoms with E-state index in [0.29, 0.717) is 0 Å². The molecule has 15 heteroatoms. The minimum atomic E-state index is -6.45. The molecule has 0 radical (unpaired) electrons. The third-order valence-corrected chi connectivity index (χ3v) is 3.09. The molecule has 0 saturated heterocycles. The number of halogens is 14. The van der Waals surface area contributed by atoms with Crippen LogP contribution < -0.4 is 0 Å². The van der Waals surface area contributed by atoms with Gasteiger partial charge in [-0.3, -0.25) is 0 Å². The monoisotopic (exact) mass is 402 g/mol. The molecule has 2 rings (SSSR count). The Hall–Kier alpha value is -1.70. The molecule has 2 aliphatic carbocycles. The predicted molar refractivity (Wildman–Crippen MR) is 47.0 cm³/mol. The average Bonchev–Trinajstić information content (AvgIpc) is 2.90. The van der Waals surface area contributed by atoms with E-state index in [1.165, 1.54) is 0 Å². The normalized spacial score (nSPS) is 25.5. The summed E-state index contributed by atoms with van der Waals surface area (Å²) in [5.74, 6) is -29.7. The molecule has 2 fully saturated rings. The molecule has 0 amide bonds. The Labute approximate surface area is 126 Å². The molecule has 0 aromatic rings. The van der Waals surface area contributed by atoms with Gasteiger partial charge in [-0.05, 0) is 0 Å². The Morgan fingerprint density at radius 1 is 0.520 bits per heavy atom. The summed E-state index contributed by atoms with van der Waals surface area (Å²) in [6, 6.07) is 0. The highest BCUT2D eigenvalue weighted by atomic mass is 19.4. The van der Waals surface area contributed by atoms with E-state index < -0.39 is 58.7 Å². The summed E-state index contributed by atoms with van der Waals surface area (Å²) in [7, 11) is 0. The Morgan fingerprint density at radius 3 is 0.840 bits per heavy atom. The van der Waals surface area contributed by atoms with Gasteiger partial charge in [0.15, 0.2) is 0 Å². The summed E-state index contributed by atoms with van der Waals surface area (Å²) >= 11 is 0. The molecule has 0 aromatic heterocycles. The second kappa shape index (κ2) is 4.52. The van der Waals surface area contributed by atoms with Gasteiger partial charge in [0, 0.05) is 0 Å². The van der Waals surface area contributed by atoms with E-state index in [4.69, 9.17) is 0 Å². The minimum absolute atomic E-state index is 2.76. The molecule has 144 valence electrons. The van der Waals surface area contributed by atoms with Crippen LogP contribution in [0.3, 0.4) is 0 Å². The third kappa shape index (κ3) is 2.53. The van der Waals surface area contributed by atoms with Crippen molar-refractivity contribution in [2.45, 2.75) is 36.0 Å². The largest absolute Gasteiger partial charge is 0.449 e. The number of allylic oxidation sites excluding steroid dienone is 4. The lowest BCUT2D eigenvalue weighted by molar-refractivity contribution is -0.159. The summed E-state index contributed by atoms with van der Waals surface area (Å²) in [6.07, 6.45) is -12.9. The fourth-order valence-electron chi connectivity index (χ4n) is 1.76. The van der Waals surface area contributed by atoms with E-state index in [1.807, 2.05) is 0 Å². The van der Waals surface area contributed by atoms with Crippen molar-refractivity contribution in [2.24, 2.45) is 0 Å². The first-order chi connectivity index (χ1) is 10.7. The van der Waals surface area contributed by atoms with Crippen molar-refractivity contribution >= 4 is 0 Å². The second-order valence-corrected chi connectivity index (χ2v) is 4.80. The van der Waals surface area contributed by atoms with Crippen LogP contribution in [0, 0.1) is 0 Å². The fourth-order valence-corrected chi connectivity index (χ4v) is 1.76. The second-order valence-electron chi connectivity index (χ2n) is 4.80. The van der Waals surface area contributed by atoms with Gasteiger partial charge in [0.1, 0.15) is 11.1 Å². The van der Waals surface area contributed by atoms with E-state index in [2.05, 4.69) is 4.74 Å². The van der Waals surface area contributed by atoms with Crippen molar-refractivity contribution in [2.75, 3.05) is 0 Å². The van der Waals surface area contributed by atoms with Crippen molar-refractivity contribution in [1.82, 2.24) is 0 Å². The lowest BCUT2D eigenvalue weighted by Crippen LogP contribution is -2.23. The highest BCUT2D eigenvalue weighted by Gasteiger charge is 2.87. The highest BCUT2D eigenvalue weighted by molar-refractivity contribution is 5.51. The van der Waals surface area contributed by atoms with Crippen LogP contribution in [0.15, 0.2) is 22.7 Å². The van der Waals surface area contributed by atoms with E-state index >= 15 is 0 Å². The summed E-state index contributed by atoms with van der Waals surface area (Å²) in [5, 5.41) is 0. The van der Waals surface area contributed by atoms with Gasteiger partial charge in [0.05, 0.1) is 0 Å². The smallest absolute Gasteiger partial charge is 0.446 e. The van der Waals surface area contributed by atoms with Crippen molar-refractivity contribution < 1.29 is 66.2 Å². The maximum Gasteiger partial charge on any atom is 0.449 e. The molecule has 25 heavy (non-hydrogen) atoms. The zero-order valence-electron chi connectivity index (χ0n) is 10.7. The number of hydrogen-bond acceptors (Lipinski definition) is 1. The van der Waals surface area contributed by atoms with Crippen LogP contribution in [0.4, 0.5) is 61.5 Å². The molecule has 2 saturated carbocycles. The number of hydrogen-bond donors (Lipinski definition) is 0. The van der Waals surface area contributed by atoms with E-state index in [9.17, 15) is 61.5 Å².